The van der Waals surface area contributed by atoms with E-state index in [0.29, 0.717) is 5.56 Å². The Morgan fingerprint density at radius 1 is 1.14 bits per heavy atom. The molecule has 0 saturated carbocycles. The molecule has 2 nitrogen and oxygen atoms in total. The summed E-state index contributed by atoms with van der Waals surface area (Å²) in [4.78, 5) is 0. The van der Waals surface area contributed by atoms with Crippen molar-refractivity contribution in [2.24, 2.45) is 0 Å². The third kappa shape index (κ3) is 4.45. The van der Waals surface area contributed by atoms with Crippen LogP contribution in [0, 0.1) is 5.82 Å². The highest BCUT2D eigenvalue weighted by Gasteiger charge is 2.14. The molecule has 0 spiro atoms. The van der Waals surface area contributed by atoms with E-state index in [1.54, 1.807) is 0 Å². The van der Waals surface area contributed by atoms with Gasteiger partial charge in [-0.1, -0.05) is 23.7 Å². The Balaban J connectivity index is 2.00. The molecule has 0 amide bonds. The fourth-order valence-corrected chi connectivity index (χ4v) is 2.55. The van der Waals surface area contributed by atoms with Gasteiger partial charge in [-0.05, 0) is 56.2 Å². The molecule has 2 atom stereocenters. The zero-order chi connectivity index (χ0) is 15.4. The van der Waals surface area contributed by atoms with Crippen molar-refractivity contribution in [2.75, 3.05) is 0 Å². The lowest BCUT2D eigenvalue weighted by atomic mass is 10.0. The molecule has 2 N–H and O–H groups in total. The highest BCUT2D eigenvalue weighted by atomic mass is 35.5. The van der Waals surface area contributed by atoms with Gasteiger partial charge in [-0.15, -0.1) is 0 Å². The molecule has 112 valence electrons. The van der Waals surface area contributed by atoms with Crippen LogP contribution in [-0.4, -0.2) is 11.1 Å². The summed E-state index contributed by atoms with van der Waals surface area (Å²) in [7, 11) is 0. The molecule has 2 unspecified atom stereocenters. The van der Waals surface area contributed by atoms with Crippen LogP contribution in [-0.2, 0) is 6.42 Å². The number of benzene rings is 2. The van der Waals surface area contributed by atoms with Crippen LogP contribution in [0.25, 0.3) is 0 Å². The monoisotopic (exact) mass is 307 g/mol. The molecule has 0 heterocycles. The van der Waals surface area contributed by atoms with Gasteiger partial charge in [0.2, 0.25) is 0 Å². The van der Waals surface area contributed by atoms with Gasteiger partial charge in [-0.2, -0.15) is 0 Å². The SMILES string of the molecule is CC(Cc1ccc(Cl)cc1)NC(C)c1cc(F)ccc1O. The first-order chi connectivity index (χ1) is 9.95. The van der Waals surface area contributed by atoms with Gasteiger partial charge < -0.3 is 10.4 Å². The molecule has 2 aromatic rings. The van der Waals surface area contributed by atoms with Crippen molar-refractivity contribution in [1.82, 2.24) is 5.32 Å². The van der Waals surface area contributed by atoms with E-state index in [0.717, 1.165) is 11.4 Å². The van der Waals surface area contributed by atoms with Crippen molar-refractivity contribution >= 4 is 11.6 Å². The topological polar surface area (TPSA) is 32.3 Å². The number of hydrogen-bond acceptors (Lipinski definition) is 2. The third-order valence-corrected chi connectivity index (χ3v) is 3.70. The fraction of sp³-hybridized carbons (Fsp3) is 0.294. The number of halogens is 2. The van der Waals surface area contributed by atoms with Gasteiger partial charge in [0.1, 0.15) is 11.6 Å². The molecular weight excluding hydrogens is 289 g/mol. The van der Waals surface area contributed by atoms with Gasteiger partial charge in [-0.3, -0.25) is 0 Å². The standard InChI is InChI=1S/C17H19ClFNO/c1-11(9-13-3-5-14(18)6-4-13)20-12(2)16-10-15(19)7-8-17(16)21/h3-8,10-12,20-21H,9H2,1-2H3. The Labute approximate surface area is 129 Å². The quantitative estimate of drug-likeness (QED) is 0.854. The average Bonchev–Trinajstić information content (AvgIpc) is 2.44. The minimum Gasteiger partial charge on any atom is -0.508 e. The lowest BCUT2D eigenvalue weighted by molar-refractivity contribution is 0.430. The number of phenolic OH excluding ortho intramolecular Hbond substituents is 1. The molecule has 0 aromatic heterocycles. The number of hydrogen-bond donors (Lipinski definition) is 2. The highest BCUT2D eigenvalue weighted by molar-refractivity contribution is 6.30. The summed E-state index contributed by atoms with van der Waals surface area (Å²) in [6.07, 6.45) is 0.831. The Kier molecular flexibility index (Phi) is 5.21. The summed E-state index contributed by atoms with van der Waals surface area (Å²) in [5, 5.41) is 13.9. The first-order valence-electron chi connectivity index (χ1n) is 6.94. The molecule has 0 aliphatic rings. The van der Waals surface area contributed by atoms with Crippen molar-refractivity contribution in [2.45, 2.75) is 32.4 Å². The Morgan fingerprint density at radius 2 is 1.81 bits per heavy atom. The minimum atomic E-state index is -0.346. The Bertz CT molecular complexity index is 600. The van der Waals surface area contributed by atoms with E-state index in [-0.39, 0.29) is 23.7 Å². The van der Waals surface area contributed by atoms with Gasteiger partial charge in [0, 0.05) is 22.7 Å². The maximum Gasteiger partial charge on any atom is 0.123 e. The van der Waals surface area contributed by atoms with Crippen molar-refractivity contribution in [3.8, 4) is 5.75 Å². The van der Waals surface area contributed by atoms with Crippen LogP contribution in [0.5, 0.6) is 5.75 Å². The fourth-order valence-electron chi connectivity index (χ4n) is 2.42. The van der Waals surface area contributed by atoms with Gasteiger partial charge >= 0.3 is 0 Å². The molecule has 0 aliphatic carbocycles. The number of rotatable bonds is 5. The molecule has 0 aliphatic heterocycles. The lowest BCUT2D eigenvalue weighted by Crippen LogP contribution is -2.30. The Hall–Kier alpha value is -1.58. The third-order valence-electron chi connectivity index (χ3n) is 3.45. The molecule has 0 fully saturated rings. The maximum absolute atomic E-state index is 13.3. The molecule has 4 heteroatoms. The van der Waals surface area contributed by atoms with E-state index < -0.39 is 0 Å². The zero-order valence-electron chi connectivity index (χ0n) is 12.1. The van der Waals surface area contributed by atoms with E-state index >= 15 is 0 Å². The van der Waals surface area contributed by atoms with E-state index in [2.05, 4.69) is 12.2 Å². The Morgan fingerprint density at radius 3 is 2.48 bits per heavy atom. The van der Waals surface area contributed by atoms with E-state index in [4.69, 9.17) is 11.6 Å². The number of aromatic hydroxyl groups is 1. The van der Waals surface area contributed by atoms with Crippen LogP contribution >= 0.6 is 11.6 Å². The summed E-state index contributed by atoms with van der Waals surface area (Å²) < 4.78 is 13.3. The smallest absolute Gasteiger partial charge is 0.123 e. The van der Waals surface area contributed by atoms with Crippen LogP contribution in [0.3, 0.4) is 0 Å². The van der Waals surface area contributed by atoms with Gasteiger partial charge in [-0.25, -0.2) is 4.39 Å². The maximum atomic E-state index is 13.3. The second-order valence-electron chi connectivity index (χ2n) is 5.32. The first kappa shape index (κ1) is 15.8. The van der Waals surface area contributed by atoms with Crippen LogP contribution in [0.4, 0.5) is 4.39 Å². The molecule has 0 bridgehead atoms. The molecule has 0 radical (unpaired) electrons. The van der Waals surface area contributed by atoms with Crippen molar-refractivity contribution in [3.63, 3.8) is 0 Å². The highest BCUT2D eigenvalue weighted by Crippen LogP contribution is 2.25. The largest absolute Gasteiger partial charge is 0.508 e. The van der Waals surface area contributed by atoms with E-state index in [9.17, 15) is 9.50 Å². The first-order valence-corrected chi connectivity index (χ1v) is 7.32. The van der Waals surface area contributed by atoms with Crippen LogP contribution < -0.4 is 5.32 Å². The van der Waals surface area contributed by atoms with Crippen LogP contribution in [0.1, 0.15) is 31.0 Å². The van der Waals surface area contributed by atoms with Gasteiger partial charge in [0.25, 0.3) is 0 Å². The molecule has 0 saturated heterocycles. The second kappa shape index (κ2) is 6.92. The minimum absolute atomic E-state index is 0.107. The molecule has 21 heavy (non-hydrogen) atoms. The average molecular weight is 308 g/mol. The van der Waals surface area contributed by atoms with Gasteiger partial charge in [0.05, 0.1) is 0 Å². The molecule has 2 aromatic carbocycles. The summed E-state index contributed by atoms with van der Waals surface area (Å²) in [6, 6.07) is 11.8. The van der Waals surface area contributed by atoms with E-state index in [1.165, 1.54) is 23.8 Å². The van der Waals surface area contributed by atoms with Gasteiger partial charge in [0.15, 0.2) is 0 Å². The zero-order valence-corrected chi connectivity index (χ0v) is 12.9. The predicted octanol–water partition coefficient (Wildman–Crippen LogP) is 4.47. The number of nitrogens with one attached hydrogen (secondary N) is 1. The summed E-state index contributed by atoms with van der Waals surface area (Å²) in [5.41, 5.74) is 1.74. The van der Waals surface area contributed by atoms with Crippen molar-refractivity contribution in [3.05, 3.63) is 64.4 Å². The predicted molar refractivity (Wildman–Crippen MR) is 84.2 cm³/mol. The molecular formula is C17H19ClFNO. The van der Waals surface area contributed by atoms with Crippen LogP contribution in [0.2, 0.25) is 5.02 Å². The van der Waals surface area contributed by atoms with E-state index in [1.807, 2.05) is 31.2 Å². The summed E-state index contributed by atoms with van der Waals surface area (Å²) in [5.74, 6) is -0.239. The van der Waals surface area contributed by atoms with Crippen molar-refractivity contribution in [1.29, 1.82) is 0 Å². The van der Waals surface area contributed by atoms with Crippen LogP contribution in [0.15, 0.2) is 42.5 Å². The second-order valence-corrected chi connectivity index (χ2v) is 5.76. The van der Waals surface area contributed by atoms with Crippen molar-refractivity contribution < 1.29 is 9.50 Å². The molecule has 2 rings (SSSR count). The lowest BCUT2D eigenvalue weighted by Gasteiger charge is -2.21. The number of phenols is 1. The summed E-state index contributed by atoms with van der Waals surface area (Å²) in [6.45, 7) is 3.97. The summed E-state index contributed by atoms with van der Waals surface area (Å²) >= 11 is 5.87. The normalized spacial score (nSPS) is 13.9.